The summed E-state index contributed by atoms with van der Waals surface area (Å²) in [7, 11) is 1.78. The Labute approximate surface area is 138 Å². The molecule has 0 saturated heterocycles. The molecule has 4 rings (SSSR count). The van der Waals surface area contributed by atoms with Crippen molar-refractivity contribution in [1.82, 2.24) is 24.3 Å². The van der Waals surface area contributed by atoms with Gasteiger partial charge in [-0.25, -0.2) is 14.6 Å². The predicted octanol–water partition coefficient (Wildman–Crippen LogP) is 2.03. The lowest BCUT2D eigenvalue weighted by molar-refractivity contribution is 0.634. The van der Waals surface area contributed by atoms with E-state index in [1.807, 2.05) is 18.4 Å². The van der Waals surface area contributed by atoms with Gasteiger partial charge in [-0.15, -0.1) is 22.7 Å². The van der Waals surface area contributed by atoms with Crippen molar-refractivity contribution in [3.8, 4) is 6.07 Å². The molecule has 0 aliphatic rings. The van der Waals surface area contributed by atoms with Gasteiger partial charge in [-0.2, -0.15) is 10.4 Å². The van der Waals surface area contributed by atoms with Crippen LogP contribution in [0.3, 0.4) is 0 Å². The monoisotopic (exact) mass is 342 g/mol. The number of hydrogen-bond acceptors (Lipinski definition) is 7. The molecule has 0 amide bonds. The molecule has 0 bridgehead atoms. The Bertz CT molecular complexity index is 1160. The Morgan fingerprint density at radius 2 is 2.22 bits per heavy atom. The number of nitrogens with zero attached hydrogens (tertiary/aromatic N) is 6. The van der Waals surface area contributed by atoms with Crippen molar-refractivity contribution < 1.29 is 0 Å². The first-order valence-corrected chi connectivity index (χ1v) is 8.44. The van der Waals surface area contributed by atoms with Gasteiger partial charge in [-0.3, -0.25) is 4.79 Å². The number of aromatic nitrogens is 5. The summed E-state index contributed by atoms with van der Waals surface area (Å²) in [6.07, 6.45) is 1.66. The van der Waals surface area contributed by atoms with Crippen molar-refractivity contribution in [3.63, 3.8) is 0 Å². The summed E-state index contributed by atoms with van der Waals surface area (Å²) in [5.41, 5.74) is 1.83. The Hall–Kier alpha value is -2.57. The average Bonchev–Trinajstić information content (AvgIpc) is 3.19. The summed E-state index contributed by atoms with van der Waals surface area (Å²) in [6.45, 7) is 2.27. The molecular weight excluding hydrogens is 332 g/mol. The summed E-state index contributed by atoms with van der Waals surface area (Å²) >= 11 is 2.82. The molecule has 9 heteroatoms. The van der Waals surface area contributed by atoms with E-state index >= 15 is 0 Å². The van der Waals surface area contributed by atoms with Crippen LogP contribution >= 0.6 is 22.7 Å². The number of thiazole rings is 2. The van der Waals surface area contributed by atoms with Crippen molar-refractivity contribution in [2.45, 2.75) is 13.5 Å². The molecule has 0 unspecified atom stereocenters. The van der Waals surface area contributed by atoms with Gasteiger partial charge < -0.3 is 4.57 Å². The maximum Gasteiger partial charge on any atom is 0.291 e. The first kappa shape index (κ1) is 14.0. The van der Waals surface area contributed by atoms with Gasteiger partial charge in [0.25, 0.3) is 5.56 Å². The number of aryl methyl sites for hydroxylation is 2. The minimum Gasteiger partial charge on any atom is -0.323 e. The van der Waals surface area contributed by atoms with Gasteiger partial charge >= 0.3 is 0 Å². The number of nitriles is 1. The molecule has 4 aromatic rings. The summed E-state index contributed by atoms with van der Waals surface area (Å²) in [4.78, 5) is 21.4. The molecule has 4 aromatic heterocycles. The van der Waals surface area contributed by atoms with Crippen LogP contribution in [-0.2, 0) is 13.6 Å². The van der Waals surface area contributed by atoms with E-state index in [4.69, 9.17) is 5.26 Å². The summed E-state index contributed by atoms with van der Waals surface area (Å²) in [6, 6.07) is 2.04. The van der Waals surface area contributed by atoms with E-state index in [-0.39, 0.29) is 5.56 Å². The third-order valence-corrected chi connectivity index (χ3v) is 5.40. The van der Waals surface area contributed by atoms with E-state index < -0.39 is 0 Å². The largest absolute Gasteiger partial charge is 0.323 e. The average molecular weight is 342 g/mol. The lowest BCUT2D eigenvalue weighted by Crippen LogP contribution is -2.24. The minimum absolute atomic E-state index is 0.181. The second-order valence-corrected chi connectivity index (χ2v) is 7.13. The van der Waals surface area contributed by atoms with E-state index in [1.54, 1.807) is 29.1 Å². The highest BCUT2D eigenvalue weighted by molar-refractivity contribution is 7.20. The normalized spacial score (nSPS) is 11.3. The molecule has 0 saturated carbocycles. The lowest BCUT2D eigenvalue weighted by atomic mass is 10.3. The maximum atomic E-state index is 12.7. The second-order valence-electron chi connectivity index (χ2n) is 5.07. The van der Waals surface area contributed by atoms with Crippen LogP contribution in [0, 0.1) is 18.3 Å². The van der Waals surface area contributed by atoms with Gasteiger partial charge in [0, 0.05) is 17.8 Å². The van der Waals surface area contributed by atoms with Crippen LogP contribution in [-0.4, -0.2) is 24.3 Å². The molecule has 0 radical (unpaired) electrons. The zero-order chi connectivity index (χ0) is 16.1. The second kappa shape index (κ2) is 4.97. The molecule has 0 spiro atoms. The van der Waals surface area contributed by atoms with Crippen LogP contribution in [0.2, 0.25) is 0 Å². The smallest absolute Gasteiger partial charge is 0.291 e. The Morgan fingerprint density at radius 3 is 2.91 bits per heavy atom. The fraction of sp³-hybridized carbons (Fsp3) is 0.214. The van der Waals surface area contributed by atoms with Gasteiger partial charge in [0.1, 0.15) is 11.6 Å². The molecule has 0 fully saturated rings. The van der Waals surface area contributed by atoms with Gasteiger partial charge in [0.05, 0.1) is 28.1 Å². The summed E-state index contributed by atoms with van der Waals surface area (Å²) < 4.78 is 3.96. The van der Waals surface area contributed by atoms with Gasteiger partial charge in [-0.1, -0.05) is 0 Å². The van der Waals surface area contributed by atoms with E-state index in [9.17, 15) is 4.79 Å². The quantitative estimate of drug-likeness (QED) is 0.556. The first-order chi connectivity index (χ1) is 11.1. The Kier molecular flexibility index (Phi) is 3.04. The lowest BCUT2D eigenvalue weighted by Gasteiger charge is -2.03. The standard InChI is InChI=1S/C14H10N6OS2/c1-7-17-8(6-22-7)5-20-14(21)11-9(4-16-20)12-13(19(11)2)18-10(3-15)23-12/h4,6H,5H2,1-2H3. The molecule has 114 valence electrons. The fourth-order valence-corrected chi connectivity index (χ4v) is 4.09. The van der Waals surface area contributed by atoms with E-state index in [1.165, 1.54) is 16.0 Å². The number of fused-ring (bicyclic) bond motifs is 3. The molecule has 0 aliphatic carbocycles. The molecule has 0 aromatic carbocycles. The zero-order valence-electron chi connectivity index (χ0n) is 12.3. The van der Waals surface area contributed by atoms with Crippen LogP contribution in [0.25, 0.3) is 21.3 Å². The van der Waals surface area contributed by atoms with Crippen molar-refractivity contribution in [1.29, 1.82) is 5.26 Å². The summed E-state index contributed by atoms with van der Waals surface area (Å²) in [5, 5.41) is 17.3. The van der Waals surface area contributed by atoms with Gasteiger partial charge in [0.2, 0.25) is 0 Å². The van der Waals surface area contributed by atoms with E-state index in [0.29, 0.717) is 22.7 Å². The molecule has 23 heavy (non-hydrogen) atoms. The Morgan fingerprint density at radius 1 is 1.39 bits per heavy atom. The van der Waals surface area contributed by atoms with E-state index in [2.05, 4.69) is 15.1 Å². The Balaban J connectivity index is 1.93. The topological polar surface area (TPSA) is 89.4 Å². The molecule has 0 atom stereocenters. The third kappa shape index (κ3) is 2.07. The molecule has 4 heterocycles. The van der Waals surface area contributed by atoms with Crippen LogP contribution in [0.1, 0.15) is 15.7 Å². The highest BCUT2D eigenvalue weighted by Crippen LogP contribution is 2.30. The minimum atomic E-state index is -0.181. The highest BCUT2D eigenvalue weighted by atomic mass is 32.1. The first-order valence-electron chi connectivity index (χ1n) is 6.74. The highest BCUT2D eigenvalue weighted by Gasteiger charge is 2.18. The molecule has 7 nitrogen and oxygen atoms in total. The van der Waals surface area contributed by atoms with Crippen LogP contribution in [0.4, 0.5) is 0 Å². The van der Waals surface area contributed by atoms with Crippen molar-refractivity contribution in [3.05, 3.63) is 37.6 Å². The van der Waals surface area contributed by atoms with E-state index in [0.717, 1.165) is 20.8 Å². The third-order valence-electron chi connectivity index (χ3n) is 3.60. The van der Waals surface area contributed by atoms with Crippen LogP contribution in [0.15, 0.2) is 16.4 Å². The summed E-state index contributed by atoms with van der Waals surface area (Å²) in [5.74, 6) is 0. The van der Waals surface area contributed by atoms with Crippen molar-refractivity contribution in [2.75, 3.05) is 0 Å². The maximum absolute atomic E-state index is 12.7. The molecular formula is C14H10N6OS2. The number of rotatable bonds is 2. The van der Waals surface area contributed by atoms with Crippen LogP contribution < -0.4 is 5.56 Å². The van der Waals surface area contributed by atoms with Gasteiger partial charge in [-0.05, 0) is 6.92 Å². The van der Waals surface area contributed by atoms with Crippen molar-refractivity contribution >= 4 is 43.9 Å². The molecule has 0 N–H and O–H groups in total. The SMILES string of the molecule is Cc1nc(Cn2ncc3c4sc(C#N)nc4n(C)c3c2=O)cs1. The van der Waals surface area contributed by atoms with Gasteiger partial charge in [0.15, 0.2) is 10.7 Å². The molecule has 0 aliphatic heterocycles. The van der Waals surface area contributed by atoms with Crippen molar-refractivity contribution in [2.24, 2.45) is 7.05 Å². The zero-order valence-corrected chi connectivity index (χ0v) is 13.9. The number of hydrogen-bond donors (Lipinski definition) is 0. The van der Waals surface area contributed by atoms with Crippen LogP contribution in [0.5, 0.6) is 0 Å². The predicted molar refractivity (Wildman–Crippen MR) is 88.8 cm³/mol. The fourth-order valence-electron chi connectivity index (χ4n) is 2.58.